The van der Waals surface area contributed by atoms with Gasteiger partial charge in [-0.3, -0.25) is 23.4 Å². The van der Waals surface area contributed by atoms with Gasteiger partial charge in [-0.15, -0.1) is 19.7 Å². The molecule has 9 saturated carbocycles. The number of carbonyl (C=O) groups excluding carboxylic acids is 6. The smallest absolute Gasteiger partial charge is 1.00 e. The Bertz CT molecular complexity index is 3750. The number of carbonyl (C=O) groups is 6. The number of halogens is 3. The molecular weight excluding hydrogens is 1680 g/mol. The number of aliphatic hydroxyl groups is 4. The third kappa shape index (κ3) is 18.2. The molecule has 0 radical (unpaired) electrons. The van der Waals surface area contributed by atoms with Crippen molar-refractivity contribution in [1.29, 1.82) is 5.26 Å². The van der Waals surface area contributed by atoms with E-state index in [9.17, 15) is 66.0 Å². The number of esters is 3. The minimum Gasteiger partial charge on any atom is -1.00 e. The fourth-order valence-electron chi connectivity index (χ4n) is 21.7. The zero-order chi connectivity index (χ0) is 79.0. The maximum absolute atomic E-state index is 13.4. The first-order chi connectivity index (χ1) is 48.7. The van der Waals surface area contributed by atoms with Crippen molar-refractivity contribution in [3.63, 3.8) is 0 Å². The number of nitriles is 1. The Balaban J connectivity index is 0.000000313. The van der Waals surface area contributed by atoms with Gasteiger partial charge in [0.2, 0.25) is 0 Å². The average Bonchev–Trinajstić information content (AvgIpc) is 1.43. The summed E-state index contributed by atoms with van der Waals surface area (Å²) >= 11 is 2.02. The van der Waals surface area contributed by atoms with Gasteiger partial charge in [-0.05, 0) is 167 Å². The molecule has 0 unspecified atom stereocenters. The van der Waals surface area contributed by atoms with Gasteiger partial charge >= 0.3 is 47.5 Å². The Morgan fingerprint density at radius 2 is 0.833 bits per heavy atom. The second-order valence-electron chi connectivity index (χ2n) is 34.0. The van der Waals surface area contributed by atoms with Crippen LogP contribution in [0, 0.1) is 127 Å². The molecule has 0 amide bonds. The Morgan fingerprint density at radius 3 is 1.10 bits per heavy atom. The monoisotopic (exact) mass is 1800 g/mol. The van der Waals surface area contributed by atoms with Crippen molar-refractivity contribution in [2.24, 2.45) is 102 Å². The molecule has 9 aliphatic carbocycles. The molecule has 0 aromatic heterocycles. The molecule has 600 valence electrons. The van der Waals surface area contributed by atoms with Crippen LogP contribution in [-0.4, -0.2) is 127 Å². The van der Waals surface area contributed by atoms with Crippen molar-refractivity contribution in [2.45, 2.75) is 254 Å². The largest absolute Gasteiger partial charge is 1.00 e. The van der Waals surface area contributed by atoms with Crippen LogP contribution in [0.1, 0.15) is 205 Å². The number of Topliss-reactive ketones (excluding diaryl/α,β-unsaturated/α-hetero) is 3. The van der Waals surface area contributed by atoms with E-state index in [4.69, 9.17) is 34.3 Å². The number of benzene rings is 2. The summed E-state index contributed by atoms with van der Waals surface area (Å²) in [6, 6.07) is 14.3. The molecule has 9 fully saturated rings. The Kier molecular flexibility index (Phi) is 33.6. The predicted molar refractivity (Wildman–Crippen MR) is 416 cm³/mol. The summed E-state index contributed by atoms with van der Waals surface area (Å²) in [6.07, 6.45) is 12.2. The molecule has 2 aromatic rings. The fourth-order valence-corrected chi connectivity index (χ4v) is 23.5. The maximum Gasteiger partial charge on any atom is 1.00 e. The van der Waals surface area contributed by atoms with Gasteiger partial charge in [0, 0.05) is 87.1 Å². The molecule has 4 N–H and O–H groups in total. The summed E-state index contributed by atoms with van der Waals surface area (Å²) in [5.41, 5.74) is -2.51. The summed E-state index contributed by atoms with van der Waals surface area (Å²) in [5, 5.41) is 50.9. The number of nitrogens with zero attached hydrogens (tertiary/aromatic N) is 1. The van der Waals surface area contributed by atoms with Crippen LogP contribution in [0.3, 0.4) is 0 Å². The summed E-state index contributed by atoms with van der Waals surface area (Å²) < 4.78 is 69.8. The van der Waals surface area contributed by atoms with E-state index in [1.807, 2.05) is 77.1 Å². The Hall–Kier alpha value is -2.98. The molecule has 108 heavy (non-hydrogen) atoms. The first-order valence-electron chi connectivity index (χ1n) is 37.3. The van der Waals surface area contributed by atoms with E-state index in [1.165, 1.54) is 31.2 Å². The van der Waals surface area contributed by atoms with E-state index in [0.717, 1.165) is 62.5 Å². The van der Waals surface area contributed by atoms with Crippen LogP contribution in [0.4, 0.5) is 0 Å². The number of aliphatic hydroxyl groups excluding tert-OH is 4. The van der Waals surface area contributed by atoms with Gasteiger partial charge in [0.1, 0.15) is 42.3 Å². The number of hydrogen-bond acceptors (Lipinski definition) is 19. The Morgan fingerprint density at radius 1 is 0.556 bits per heavy atom. The third-order valence-corrected chi connectivity index (χ3v) is 32.2. The van der Waals surface area contributed by atoms with Gasteiger partial charge < -0.3 is 58.6 Å². The molecule has 0 saturated heterocycles. The number of ketones is 3. The normalized spacial score (nSPS) is 39.7. The van der Waals surface area contributed by atoms with Crippen molar-refractivity contribution in [2.75, 3.05) is 17.6 Å². The van der Waals surface area contributed by atoms with Crippen molar-refractivity contribution >= 4 is 87.7 Å². The minimum atomic E-state index is -4.15. The predicted octanol–water partition coefficient (Wildman–Crippen LogP) is 8.92. The van der Waals surface area contributed by atoms with Crippen molar-refractivity contribution in [1.82, 2.24) is 0 Å². The molecule has 19 nitrogen and oxygen atoms in total. The van der Waals surface area contributed by atoms with Gasteiger partial charge in [-0.1, -0.05) is 167 Å². The van der Waals surface area contributed by atoms with Crippen LogP contribution >= 0.6 is 33.3 Å². The zero-order valence-corrected chi connectivity index (χ0v) is 74.5. The Labute approximate surface area is 701 Å². The van der Waals surface area contributed by atoms with E-state index in [2.05, 4.69) is 68.2 Å². The molecule has 2 aromatic carbocycles. The van der Waals surface area contributed by atoms with Gasteiger partial charge in [-0.2, -0.15) is 13.7 Å². The second kappa shape index (κ2) is 37.3. The number of rotatable bonds is 13. The van der Waals surface area contributed by atoms with Crippen molar-refractivity contribution in [3.05, 3.63) is 97.6 Å². The van der Waals surface area contributed by atoms with Gasteiger partial charge in [0.05, 0.1) is 38.6 Å². The summed E-state index contributed by atoms with van der Waals surface area (Å²) in [4.78, 5) is 77.3. The molecule has 24 atom stereocenters. The van der Waals surface area contributed by atoms with Crippen LogP contribution in [0.2, 0.25) is 0 Å². The quantitative estimate of drug-likeness (QED) is 0.0212. The maximum atomic E-state index is 13.4. The topological polar surface area (TPSA) is 312 Å². The average molecular weight is 1800 g/mol. The summed E-state index contributed by atoms with van der Waals surface area (Å²) in [6.45, 7) is 40.5. The van der Waals surface area contributed by atoms with E-state index < -0.39 is 113 Å². The molecule has 0 aliphatic heterocycles. The minimum absolute atomic E-state index is 0. The number of aryl methyl sites for hydroxylation is 2. The van der Waals surface area contributed by atoms with Crippen molar-refractivity contribution in [3.8, 4) is 6.07 Å². The van der Waals surface area contributed by atoms with Crippen LogP contribution in [-0.2, 0) is 66.3 Å². The third-order valence-electron chi connectivity index (χ3n) is 28.9. The van der Waals surface area contributed by atoms with Crippen LogP contribution in [0.5, 0.6) is 0 Å². The first-order valence-corrected chi connectivity index (χ1v) is 42.6. The van der Waals surface area contributed by atoms with E-state index >= 15 is 0 Å². The van der Waals surface area contributed by atoms with Gasteiger partial charge in [0.25, 0.3) is 19.2 Å². The molecule has 11 rings (SSSR count). The SMILES string of the molecule is C.C=C[C@]1(C)C[C@@H](OC(=O)CI)[C@]2(C)[C@H](C)CC[C@]3(CCC(=O)[C@H]32)[C@@H](C)[C@@H]1O.C=C[C@]1(C)C[C@@H](OC(=O)CO)[C@]2(C)[C@H](C)CC[C@]3(CCC(=O)[C@H]32)[C@@H](C)[C@@H]1O.C=C[C@]1(C)C[C@@H](OC(=O)COS(=O)(=O)c2ccc(C)cc2)[C@]2(C)[C@H](C)CC[C@]3(CCC(=O)[C@H]32)[C@@H](C)[C@@H]1O.CC#N.Cc1ccc(S(=O)(=O)Cl)cc1.[I-].[Na+]. The van der Waals surface area contributed by atoms with Crippen LogP contribution in [0.15, 0.2) is 96.3 Å². The van der Waals surface area contributed by atoms with E-state index in [1.54, 1.807) is 42.5 Å². The second-order valence-corrected chi connectivity index (χ2v) is 38.9. The molecule has 6 bridgehead atoms. The zero-order valence-electron chi connectivity index (χ0n) is 65.8. The number of hydrogen-bond donors (Lipinski definition) is 4. The van der Waals surface area contributed by atoms with E-state index in [-0.39, 0.29) is 169 Å². The first kappa shape index (κ1) is 97.4. The van der Waals surface area contributed by atoms with Gasteiger partial charge in [-0.25, -0.2) is 18.0 Å². The fraction of sp³-hybridized carbons (Fsp3) is 0.699. The molecule has 0 spiro atoms. The molecular formula is C83H121ClI2NNaO18S2. The summed E-state index contributed by atoms with van der Waals surface area (Å²) in [5.74, 6) is -1.39. The molecule has 0 heterocycles. The standard InChI is InChI=1S/C29H40O7S.C22H33IO4.C22H34O5.C7H7ClO2S.C2H3N.CH4.HI.Na/c1-7-27(5)16-23(36-24(31)17-35-37(33,34)21-10-8-18(2)9-11-21)28(6)19(3)12-14-29(20(4)26(27)32)15-13-22(30)25(28)29;2*1-6-20(4)11-16(27-17(25)12-23)21(5)13(2)7-9-22(14(3)19(20)26)10-8-15(24)18(21)22;1-6-2-4-7(5-3-6)11(8,9)10;1-2-3;;;/h7-11,19-20,23,25-26,32H,1,12-17H2,2-6H3;6,13-14,16,18-19,26H,1,7-12H2,2-5H3;6,13-14,16,18-19,23,26H,1,7-12H2,2-5H3;2-5H,1H3;1H3;1H4;1H;/q;;;;;;;+1/p-1/t19-,20+,23-,25+,26+,27-,28+,29+;2*13-,14+,16-,18+,19+,20-,21+,22+;;;;;/m111...../s1. The number of ether oxygens (including phenoxy) is 3. The van der Waals surface area contributed by atoms with Crippen molar-refractivity contribution < 1.29 is 138 Å². The molecule has 9 aliphatic rings. The molecule has 25 heteroatoms. The summed E-state index contributed by atoms with van der Waals surface area (Å²) in [7, 11) is -2.61. The van der Waals surface area contributed by atoms with Crippen LogP contribution in [0.25, 0.3) is 0 Å². The number of alkyl halides is 1. The van der Waals surface area contributed by atoms with Crippen LogP contribution < -0.4 is 53.5 Å². The van der Waals surface area contributed by atoms with Gasteiger partial charge in [0.15, 0.2) is 6.61 Å². The van der Waals surface area contributed by atoms with E-state index in [0.29, 0.717) is 44.3 Å².